The number of ether oxygens (including phenoxy) is 1. The van der Waals surface area contributed by atoms with Crippen LogP contribution in [0.5, 0.6) is 5.75 Å². The first-order valence-corrected chi connectivity index (χ1v) is 9.64. The Morgan fingerprint density at radius 1 is 1.33 bits per heavy atom. The normalized spacial score (nSPS) is 18.4. The van der Waals surface area contributed by atoms with Gasteiger partial charge in [-0.1, -0.05) is 17.3 Å². The van der Waals surface area contributed by atoms with E-state index in [1.54, 1.807) is 0 Å². The molecule has 0 radical (unpaired) electrons. The van der Waals surface area contributed by atoms with Crippen LogP contribution in [0.4, 0.5) is 0 Å². The Balaban J connectivity index is 1.57. The van der Waals surface area contributed by atoms with Gasteiger partial charge < -0.3 is 19.9 Å². The van der Waals surface area contributed by atoms with E-state index in [1.807, 2.05) is 49.9 Å². The summed E-state index contributed by atoms with van der Waals surface area (Å²) in [5.74, 6) is 1.69. The van der Waals surface area contributed by atoms with Crippen LogP contribution in [0.15, 0.2) is 28.8 Å². The van der Waals surface area contributed by atoms with Crippen molar-refractivity contribution in [1.82, 2.24) is 10.1 Å². The van der Waals surface area contributed by atoms with Crippen LogP contribution < -0.4 is 10.5 Å². The standard InChI is InChI=1S/C21H29N3O3/c1-14(22)20-6-4-5-11-24(20)21(25)12-17-7-9-18(10-8-17)26-13-19-15(2)23-27-16(19)3/h7-10,14,20H,4-6,11-13,22H2,1-3H3. The SMILES string of the molecule is Cc1noc(C)c1COc1ccc(CC(=O)N2CCCCC2C(C)N)cc1. The number of piperidine rings is 1. The maximum Gasteiger partial charge on any atom is 0.227 e. The molecule has 1 aromatic heterocycles. The van der Waals surface area contributed by atoms with E-state index >= 15 is 0 Å². The minimum atomic E-state index is 0.00866. The summed E-state index contributed by atoms with van der Waals surface area (Å²) in [6.45, 7) is 7.00. The van der Waals surface area contributed by atoms with E-state index in [0.29, 0.717) is 13.0 Å². The molecular weight excluding hydrogens is 342 g/mol. The van der Waals surface area contributed by atoms with Crippen LogP contribution in [0.3, 0.4) is 0 Å². The quantitative estimate of drug-likeness (QED) is 0.844. The molecule has 0 spiro atoms. The molecule has 0 aliphatic carbocycles. The number of nitrogens with zero attached hydrogens (tertiary/aromatic N) is 2. The van der Waals surface area contributed by atoms with Gasteiger partial charge in [0.1, 0.15) is 18.1 Å². The Hall–Kier alpha value is -2.34. The minimum absolute atomic E-state index is 0.00866. The fourth-order valence-electron chi connectivity index (χ4n) is 3.66. The van der Waals surface area contributed by atoms with Crippen molar-refractivity contribution in [2.75, 3.05) is 6.54 Å². The van der Waals surface area contributed by atoms with Crippen molar-refractivity contribution >= 4 is 5.91 Å². The number of nitrogens with two attached hydrogens (primary N) is 1. The number of benzene rings is 1. The van der Waals surface area contributed by atoms with Gasteiger partial charge in [0.05, 0.1) is 17.7 Å². The number of hydrogen-bond acceptors (Lipinski definition) is 5. The van der Waals surface area contributed by atoms with Crippen molar-refractivity contribution < 1.29 is 14.1 Å². The molecule has 1 saturated heterocycles. The summed E-state index contributed by atoms with van der Waals surface area (Å²) < 4.78 is 11.0. The Labute approximate surface area is 160 Å². The van der Waals surface area contributed by atoms with Crippen molar-refractivity contribution in [2.24, 2.45) is 5.73 Å². The van der Waals surface area contributed by atoms with Crippen LogP contribution in [0.25, 0.3) is 0 Å². The Bertz CT molecular complexity index is 748. The first-order chi connectivity index (χ1) is 13.0. The average Bonchev–Trinajstić information content (AvgIpc) is 2.99. The van der Waals surface area contributed by atoms with E-state index in [0.717, 1.165) is 54.1 Å². The molecule has 1 fully saturated rings. The predicted octanol–water partition coefficient (Wildman–Crippen LogP) is 3.14. The summed E-state index contributed by atoms with van der Waals surface area (Å²) in [6.07, 6.45) is 3.60. The number of carbonyl (C=O) groups is 1. The van der Waals surface area contributed by atoms with E-state index < -0.39 is 0 Å². The molecule has 3 rings (SSSR count). The predicted molar refractivity (Wildman–Crippen MR) is 103 cm³/mol. The van der Waals surface area contributed by atoms with Crippen molar-refractivity contribution in [3.05, 3.63) is 46.8 Å². The van der Waals surface area contributed by atoms with Gasteiger partial charge in [-0.25, -0.2) is 0 Å². The minimum Gasteiger partial charge on any atom is -0.489 e. The van der Waals surface area contributed by atoms with Gasteiger partial charge in [-0.3, -0.25) is 4.79 Å². The van der Waals surface area contributed by atoms with Gasteiger partial charge in [0.2, 0.25) is 5.91 Å². The molecular formula is C21H29N3O3. The molecule has 2 heterocycles. The van der Waals surface area contributed by atoms with Crippen LogP contribution >= 0.6 is 0 Å². The zero-order valence-electron chi connectivity index (χ0n) is 16.4. The second-order valence-corrected chi connectivity index (χ2v) is 7.42. The largest absolute Gasteiger partial charge is 0.489 e. The third kappa shape index (κ3) is 4.69. The fourth-order valence-corrected chi connectivity index (χ4v) is 3.66. The molecule has 6 heteroatoms. The summed E-state index contributed by atoms with van der Waals surface area (Å²) >= 11 is 0. The molecule has 1 aromatic carbocycles. The van der Waals surface area contributed by atoms with Crippen LogP contribution in [0.1, 0.15) is 48.8 Å². The molecule has 2 unspecified atom stereocenters. The zero-order chi connectivity index (χ0) is 19.4. The van der Waals surface area contributed by atoms with Crippen LogP contribution in [-0.4, -0.2) is 34.6 Å². The Morgan fingerprint density at radius 3 is 2.70 bits per heavy atom. The lowest BCUT2D eigenvalue weighted by Crippen LogP contribution is -2.52. The van der Waals surface area contributed by atoms with Gasteiger partial charge in [0.15, 0.2) is 0 Å². The molecule has 27 heavy (non-hydrogen) atoms. The fraction of sp³-hybridized carbons (Fsp3) is 0.524. The van der Waals surface area contributed by atoms with Crippen LogP contribution in [-0.2, 0) is 17.8 Å². The van der Waals surface area contributed by atoms with Crippen molar-refractivity contribution in [3.63, 3.8) is 0 Å². The van der Waals surface area contributed by atoms with Crippen molar-refractivity contribution in [3.8, 4) is 5.75 Å². The number of carbonyl (C=O) groups excluding carboxylic acids is 1. The van der Waals surface area contributed by atoms with Crippen molar-refractivity contribution in [2.45, 2.75) is 65.1 Å². The zero-order valence-corrected chi connectivity index (χ0v) is 16.4. The Kier molecular flexibility index (Phi) is 6.16. The third-order valence-electron chi connectivity index (χ3n) is 5.32. The number of amides is 1. The van der Waals surface area contributed by atoms with E-state index in [-0.39, 0.29) is 18.0 Å². The van der Waals surface area contributed by atoms with Gasteiger partial charge in [-0.15, -0.1) is 0 Å². The van der Waals surface area contributed by atoms with Gasteiger partial charge in [-0.2, -0.15) is 0 Å². The molecule has 0 bridgehead atoms. The highest BCUT2D eigenvalue weighted by Crippen LogP contribution is 2.22. The molecule has 1 amide bonds. The highest BCUT2D eigenvalue weighted by Gasteiger charge is 2.28. The molecule has 2 N–H and O–H groups in total. The second-order valence-electron chi connectivity index (χ2n) is 7.42. The monoisotopic (exact) mass is 371 g/mol. The lowest BCUT2D eigenvalue weighted by Gasteiger charge is -2.38. The maximum absolute atomic E-state index is 12.7. The van der Waals surface area contributed by atoms with Gasteiger partial charge in [0, 0.05) is 18.6 Å². The smallest absolute Gasteiger partial charge is 0.227 e. The summed E-state index contributed by atoms with van der Waals surface area (Å²) in [5, 5.41) is 3.93. The van der Waals surface area contributed by atoms with Crippen LogP contribution in [0.2, 0.25) is 0 Å². The molecule has 2 aromatic rings. The second kappa shape index (κ2) is 8.57. The summed E-state index contributed by atoms with van der Waals surface area (Å²) in [6, 6.07) is 7.87. The van der Waals surface area contributed by atoms with E-state index in [4.69, 9.17) is 15.0 Å². The van der Waals surface area contributed by atoms with Gasteiger partial charge >= 0.3 is 0 Å². The molecule has 1 aliphatic heterocycles. The maximum atomic E-state index is 12.7. The van der Waals surface area contributed by atoms with E-state index in [2.05, 4.69) is 5.16 Å². The van der Waals surface area contributed by atoms with E-state index in [9.17, 15) is 4.79 Å². The first kappa shape index (κ1) is 19.4. The van der Waals surface area contributed by atoms with Crippen LogP contribution in [0, 0.1) is 13.8 Å². The highest BCUT2D eigenvalue weighted by molar-refractivity contribution is 5.79. The molecule has 1 aliphatic rings. The molecule has 6 nitrogen and oxygen atoms in total. The molecule has 2 atom stereocenters. The number of hydrogen-bond donors (Lipinski definition) is 1. The van der Waals surface area contributed by atoms with Gasteiger partial charge in [-0.05, 0) is 57.7 Å². The summed E-state index contributed by atoms with van der Waals surface area (Å²) in [7, 11) is 0. The number of rotatable bonds is 6. The highest BCUT2D eigenvalue weighted by atomic mass is 16.5. The van der Waals surface area contributed by atoms with Crippen molar-refractivity contribution in [1.29, 1.82) is 0 Å². The number of likely N-dealkylation sites (tertiary alicyclic amines) is 1. The molecule has 0 saturated carbocycles. The third-order valence-corrected chi connectivity index (χ3v) is 5.32. The summed E-state index contributed by atoms with van der Waals surface area (Å²) in [5.41, 5.74) is 8.89. The van der Waals surface area contributed by atoms with Gasteiger partial charge in [0.25, 0.3) is 0 Å². The lowest BCUT2D eigenvalue weighted by atomic mass is 9.96. The molecule has 146 valence electrons. The summed E-state index contributed by atoms with van der Waals surface area (Å²) in [4.78, 5) is 14.7. The topological polar surface area (TPSA) is 81.6 Å². The Morgan fingerprint density at radius 2 is 2.07 bits per heavy atom. The lowest BCUT2D eigenvalue weighted by molar-refractivity contribution is -0.134. The number of aromatic nitrogens is 1. The first-order valence-electron chi connectivity index (χ1n) is 9.64. The number of aryl methyl sites for hydroxylation is 2. The van der Waals surface area contributed by atoms with E-state index in [1.165, 1.54) is 0 Å². The average molecular weight is 371 g/mol.